The van der Waals surface area contributed by atoms with E-state index in [4.69, 9.17) is 27.4 Å². The zero-order valence-corrected chi connectivity index (χ0v) is 12.4. The van der Waals surface area contributed by atoms with Gasteiger partial charge in [-0.05, 0) is 25.0 Å². The van der Waals surface area contributed by atoms with Crippen LogP contribution < -0.4 is 20.5 Å². The van der Waals surface area contributed by atoms with Crippen molar-refractivity contribution in [2.75, 3.05) is 19.5 Å². The van der Waals surface area contributed by atoms with Gasteiger partial charge < -0.3 is 20.5 Å². The second kappa shape index (κ2) is 5.66. The maximum Gasteiger partial charge on any atom is 0.237 e. The molecule has 1 fully saturated rings. The van der Waals surface area contributed by atoms with Gasteiger partial charge in [0.1, 0.15) is 0 Å². The van der Waals surface area contributed by atoms with Crippen molar-refractivity contribution in [1.29, 1.82) is 0 Å². The summed E-state index contributed by atoms with van der Waals surface area (Å²) in [5.41, 5.74) is 5.66. The van der Waals surface area contributed by atoms with Crippen LogP contribution in [0, 0.1) is 5.41 Å². The van der Waals surface area contributed by atoms with E-state index in [1.807, 2.05) is 0 Å². The highest BCUT2D eigenvalue weighted by Crippen LogP contribution is 2.42. The van der Waals surface area contributed by atoms with Crippen molar-refractivity contribution in [3.05, 3.63) is 18.2 Å². The summed E-state index contributed by atoms with van der Waals surface area (Å²) in [6.45, 7) is 0. The highest BCUT2D eigenvalue weighted by Gasteiger charge is 2.46. The molecule has 1 aromatic rings. The number of carbonyl (C=O) groups excluding carboxylic acids is 1. The van der Waals surface area contributed by atoms with Crippen LogP contribution >= 0.6 is 12.2 Å². The topological polar surface area (TPSA) is 73.6 Å². The number of thiocarbonyl (C=S) groups is 1. The Balaban J connectivity index is 2.18. The summed E-state index contributed by atoms with van der Waals surface area (Å²) in [6.07, 6.45) is 2.39. The van der Waals surface area contributed by atoms with Gasteiger partial charge in [-0.15, -0.1) is 0 Å². The number of anilines is 1. The summed E-state index contributed by atoms with van der Waals surface area (Å²) in [5, 5.41) is 2.85. The lowest BCUT2D eigenvalue weighted by Crippen LogP contribution is -2.50. The van der Waals surface area contributed by atoms with Gasteiger partial charge in [0.2, 0.25) is 5.91 Å². The van der Waals surface area contributed by atoms with Crippen molar-refractivity contribution >= 4 is 28.8 Å². The molecule has 0 aromatic heterocycles. The third-order valence-corrected chi connectivity index (χ3v) is 4.15. The molecule has 0 radical (unpaired) electrons. The van der Waals surface area contributed by atoms with Crippen LogP contribution in [0.1, 0.15) is 19.3 Å². The fraction of sp³-hybridized carbons (Fsp3) is 0.429. The highest BCUT2D eigenvalue weighted by atomic mass is 32.1. The lowest BCUT2D eigenvalue weighted by atomic mass is 9.68. The van der Waals surface area contributed by atoms with Crippen LogP contribution in [0.15, 0.2) is 18.2 Å². The van der Waals surface area contributed by atoms with E-state index in [0.717, 1.165) is 6.42 Å². The average Bonchev–Trinajstić information content (AvgIpc) is 2.36. The molecule has 6 heteroatoms. The largest absolute Gasteiger partial charge is 0.493 e. The molecular formula is C14H18N2O3S. The predicted octanol–water partition coefficient (Wildman–Crippen LogP) is 2.10. The average molecular weight is 294 g/mol. The molecule has 1 aliphatic rings. The number of amides is 1. The Morgan fingerprint density at radius 2 is 1.95 bits per heavy atom. The maximum absolute atomic E-state index is 12.4. The molecule has 0 atom stereocenters. The van der Waals surface area contributed by atoms with E-state index in [1.165, 1.54) is 0 Å². The number of ether oxygens (including phenoxy) is 2. The number of carbonyl (C=O) groups is 1. The Kier molecular flexibility index (Phi) is 4.13. The van der Waals surface area contributed by atoms with E-state index < -0.39 is 5.41 Å². The molecule has 0 heterocycles. The zero-order chi connectivity index (χ0) is 14.8. The van der Waals surface area contributed by atoms with Gasteiger partial charge in [0, 0.05) is 11.8 Å². The van der Waals surface area contributed by atoms with Crippen LogP contribution in [0.5, 0.6) is 11.5 Å². The zero-order valence-electron chi connectivity index (χ0n) is 11.6. The van der Waals surface area contributed by atoms with Gasteiger partial charge in [-0.25, -0.2) is 0 Å². The van der Waals surface area contributed by atoms with Gasteiger partial charge in [0.05, 0.1) is 24.6 Å². The predicted molar refractivity (Wildman–Crippen MR) is 81.2 cm³/mol. The second-order valence-electron chi connectivity index (χ2n) is 4.82. The summed E-state index contributed by atoms with van der Waals surface area (Å²) in [6, 6.07) is 5.20. The Morgan fingerprint density at radius 3 is 2.40 bits per heavy atom. The minimum Gasteiger partial charge on any atom is -0.493 e. The van der Waals surface area contributed by atoms with Crippen LogP contribution in [-0.2, 0) is 4.79 Å². The molecule has 1 saturated carbocycles. The minimum atomic E-state index is -0.692. The molecule has 1 aromatic carbocycles. The third-order valence-electron chi connectivity index (χ3n) is 3.75. The number of methoxy groups -OCH3 is 2. The maximum atomic E-state index is 12.4. The molecule has 0 spiro atoms. The van der Waals surface area contributed by atoms with Crippen molar-refractivity contribution in [1.82, 2.24) is 0 Å². The smallest absolute Gasteiger partial charge is 0.237 e. The summed E-state index contributed by atoms with van der Waals surface area (Å²) >= 11 is 5.03. The first kappa shape index (κ1) is 14.6. The molecule has 0 bridgehead atoms. The standard InChI is InChI=1S/C14H18N2O3S/c1-18-10-5-4-9(8-11(10)19-2)16-13(17)14(12(15)20)6-3-7-14/h4-5,8H,3,6-7H2,1-2H3,(H2,15,20)(H,16,17). The Morgan fingerprint density at radius 1 is 1.30 bits per heavy atom. The summed E-state index contributed by atoms with van der Waals surface area (Å²) in [7, 11) is 3.11. The van der Waals surface area contributed by atoms with Crippen LogP contribution in [0.25, 0.3) is 0 Å². The molecule has 5 nitrogen and oxygen atoms in total. The molecule has 3 N–H and O–H groups in total. The van der Waals surface area contributed by atoms with E-state index in [1.54, 1.807) is 32.4 Å². The van der Waals surface area contributed by atoms with Gasteiger partial charge in [-0.2, -0.15) is 0 Å². The number of nitrogens with two attached hydrogens (primary N) is 1. The number of rotatable bonds is 5. The number of nitrogens with one attached hydrogen (secondary N) is 1. The lowest BCUT2D eigenvalue weighted by molar-refractivity contribution is -0.125. The fourth-order valence-electron chi connectivity index (χ4n) is 2.28. The summed E-state index contributed by atoms with van der Waals surface area (Å²) in [4.78, 5) is 12.6. The van der Waals surface area contributed by atoms with Crippen LogP contribution in [0.2, 0.25) is 0 Å². The molecule has 1 aliphatic carbocycles. The number of hydrogen-bond donors (Lipinski definition) is 2. The Labute approximate surface area is 123 Å². The van der Waals surface area contributed by atoms with Gasteiger partial charge in [-0.3, -0.25) is 4.79 Å². The summed E-state index contributed by atoms with van der Waals surface area (Å²) < 4.78 is 10.4. The third kappa shape index (κ3) is 2.43. The highest BCUT2D eigenvalue weighted by molar-refractivity contribution is 7.80. The lowest BCUT2D eigenvalue weighted by Gasteiger charge is -2.39. The monoisotopic (exact) mass is 294 g/mol. The van der Waals surface area contributed by atoms with E-state index in [2.05, 4.69) is 5.32 Å². The second-order valence-corrected chi connectivity index (χ2v) is 5.26. The molecular weight excluding hydrogens is 276 g/mol. The van der Waals surface area contributed by atoms with Crippen LogP contribution in [0.3, 0.4) is 0 Å². The van der Waals surface area contributed by atoms with Gasteiger partial charge in [0.15, 0.2) is 11.5 Å². The molecule has 20 heavy (non-hydrogen) atoms. The van der Waals surface area contributed by atoms with Crippen molar-refractivity contribution in [2.45, 2.75) is 19.3 Å². The van der Waals surface area contributed by atoms with Crippen molar-refractivity contribution in [3.8, 4) is 11.5 Å². The van der Waals surface area contributed by atoms with Crippen molar-refractivity contribution in [3.63, 3.8) is 0 Å². The molecule has 108 valence electrons. The molecule has 0 saturated heterocycles. The fourth-order valence-corrected chi connectivity index (χ4v) is 2.58. The number of hydrogen-bond acceptors (Lipinski definition) is 4. The van der Waals surface area contributed by atoms with Crippen molar-refractivity contribution < 1.29 is 14.3 Å². The molecule has 0 unspecified atom stereocenters. The molecule has 0 aliphatic heterocycles. The van der Waals surface area contributed by atoms with Gasteiger partial charge >= 0.3 is 0 Å². The van der Waals surface area contributed by atoms with Crippen LogP contribution in [-0.4, -0.2) is 25.1 Å². The van der Waals surface area contributed by atoms with Crippen LogP contribution in [0.4, 0.5) is 5.69 Å². The molecule has 1 amide bonds. The SMILES string of the molecule is COc1ccc(NC(=O)C2(C(N)=S)CCC2)cc1OC. The first-order chi connectivity index (χ1) is 9.53. The Hall–Kier alpha value is -1.82. The van der Waals surface area contributed by atoms with E-state index in [-0.39, 0.29) is 10.9 Å². The number of benzene rings is 1. The Bertz CT molecular complexity index is 541. The van der Waals surface area contributed by atoms with E-state index >= 15 is 0 Å². The van der Waals surface area contributed by atoms with E-state index in [0.29, 0.717) is 30.0 Å². The molecule has 2 rings (SSSR count). The normalized spacial score (nSPS) is 15.9. The van der Waals surface area contributed by atoms with Gasteiger partial charge in [-0.1, -0.05) is 18.6 Å². The summed E-state index contributed by atoms with van der Waals surface area (Å²) in [5.74, 6) is 1.02. The minimum absolute atomic E-state index is 0.150. The van der Waals surface area contributed by atoms with E-state index in [9.17, 15) is 4.79 Å². The first-order valence-electron chi connectivity index (χ1n) is 6.37. The van der Waals surface area contributed by atoms with Gasteiger partial charge in [0.25, 0.3) is 0 Å². The quantitative estimate of drug-likeness (QED) is 0.814. The van der Waals surface area contributed by atoms with Crippen molar-refractivity contribution in [2.24, 2.45) is 11.1 Å². The first-order valence-corrected chi connectivity index (χ1v) is 6.78.